The van der Waals surface area contributed by atoms with Crippen LogP contribution in [0.3, 0.4) is 0 Å². The van der Waals surface area contributed by atoms with Crippen LogP contribution in [0.5, 0.6) is 0 Å². The Bertz CT molecular complexity index is 499. The van der Waals surface area contributed by atoms with Crippen LogP contribution in [0.1, 0.15) is 71.6 Å². The van der Waals surface area contributed by atoms with Gasteiger partial charge in [-0.1, -0.05) is 6.92 Å². The minimum absolute atomic E-state index is 0.0417. The van der Waals surface area contributed by atoms with Crippen LogP contribution in [0.2, 0.25) is 0 Å². The molecule has 0 bridgehead atoms. The summed E-state index contributed by atoms with van der Waals surface area (Å²) in [5.74, 6) is 3.01. The third-order valence-corrected chi connectivity index (χ3v) is 8.54. The largest absolute Gasteiger partial charge is 0.481 e. The first-order valence-corrected chi connectivity index (χ1v) is 9.77. The van der Waals surface area contributed by atoms with Crippen molar-refractivity contribution in [1.82, 2.24) is 0 Å². The van der Waals surface area contributed by atoms with Gasteiger partial charge in [-0.05, 0) is 99.7 Å². The van der Waals surface area contributed by atoms with Crippen molar-refractivity contribution in [1.29, 1.82) is 0 Å². The van der Waals surface area contributed by atoms with E-state index in [4.69, 9.17) is 0 Å². The summed E-state index contributed by atoms with van der Waals surface area (Å²) in [5.41, 5.74) is -0.404. The molecule has 0 amide bonds. The molecule has 0 unspecified atom stereocenters. The summed E-state index contributed by atoms with van der Waals surface area (Å²) in [5, 5.41) is 20.1. The molecular weight excluding hydrogens is 288 g/mol. The van der Waals surface area contributed by atoms with Gasteiger partial charge >= 0.3 is 5.97 Å². The zero-order valence-electron chi connectivity index (χ0n) is 14.6. The van der Waals surface area contributed by atoms with E-state index in [0.717, 1.165) is 49.9 Å². The number of hydrogen-bond donors (Lipinski definition) is 2. The van der Waals surface area contributed by atoms with Crippen LogP contribution < -0.4 is 0 Å². The highest BCUT2D eigenvalue weighted by Gasteiger charge is 2.59. The molecule has 8 atom stereocenters. The highest BCUT2D eigenvalue weighted by molar-refractivity contribution is 5.71. The highest BCUT2D eigenvalue weighted by Crippen LogP contribution is 2.64. The fraction of sp³-hybridized carbons (Fsp3) is 0.950. The molecule has 4 aliphatic rings. The lowest BCUT2D eigenvalue weighted by Crippen LogP contribution is -2.51. The van der Waals surface area contributed by atoms with Crippen LogP contribution >= 0.6 is 0 Å². The van der Waals surface area contributed by atoms with E-state index >= 15 is 0 Å². The molecule has 0 aromatic rings. The van der Waals surface area contributed by atoms with Crippen molar-refractivity contribution in [3.05, 3.63) is 0 Å². The third kappa shape index (κ3) is 2.37. The number of rotatable bonds is 1. The number of carboxylic acids is 1. The molecule has 2 N–H and O–H groups in total. The lowest BCUT2D eigenvalue weighted by Gasteiger charge is -2.56. The molecule has 4 fully saturated rings. The van der Waals surface area contributed by atoms with E-state index in [0.29, 0.717) is 11.8 Å². The van der Waals surface area contributed by atoms with E-state index in [1.807, 2.05) is 6.92 Å². The van der Waals surface area contributed by atoms with E-state index in [1.54, 1.807) is 0 Å². The molecule has 0 aliphatic heterocycles. The quantitative estimate of drug-likeness (QED) is 0.765. The van der Waals surface area contributed by atoms with Gasteiger partial charge in [-0.15, -0.1) is 0 Å². The Kier molecular flexibility index (Phi) is 3.61. The van der Waals surface area contributed by atoms with Crippen molar-refractivity contribution < 1.29 is 15.0 Å². The Morgan fingerprint density at radius 1 is 0.913 bits per heavy atom. The van der Waals surface area contributed by atoms with Crippen LogP contribution in [0, 0.1) is 40.9 Å². The smallest absolute Gasteiger partial charge is 0.307 e. The number of carbonyl (C=O) groups is 1. The predicted octanol–water partition coefficient (Wildman–Crippen LogP) is 4.09. The minimum atomic E-state index is -0.559. The monoisotopic (exact) mass is 320 g/mol. The molecule has 0 spiro atoms. The molecule has 0 radical (unpaired) electrons. The summed E-state index contributed by atoms with van der Waals surface area (Å²) >= 11 is 0. The second-order valence-corrected chi connectivity index (χ2v) is 9.69. The van der Waals surface area contributed by atoms with E-state index < -0.39 is 11.6 Å². The molecule has 0 saturated heterocycles. The second kappa shape index (κ2) is 5.21. The Morgan fingerprint density at radius 3 is 2.39 bits per heavy atom. The van der Waals surface area contributed by atoms with Crippen molar-refractivity contribution in [2.24, 2.45) is 40.9 Å². The van der Waals surface area contributed by atoms with Gasteiger partial charge in [0.15, 0.2) is 0 Å². The zero-order chi connectivity index (χ0) is 16.4. The number of fused-ring (bicyclic) bond motifs is 5. The number of hydrogen-bond acceptors (Lipinski definition) is 2. The van der Waals surface area contributed by atoms with Gasteiger partial charge in [0.1, 0.15) is 0 Å². The van der Waals surface area contributed by atoms with Gasteiger partial charge in [0.25, 0.3) is 0 Å². The molecular formula is C20H32O3. The topological polar surface area (TPSA) is 57.5 Å². The van der Waals surface area contributed by atoms with Crippen LogP contribution in [0.15, 0.2) is 0 Å². The van der Waals surface area contributed by atoms with Gasteiger partial charge in [-0.3, -0.25) is 4.79 Å². The van der Waals surface area contributed by atoms with Crippen molar-refractivity contribution in [2.75, 3.05) is 0 Å². The Balaban J connectivity index is 1.56. The van der Waals surface area contributed by atoms with Crippen molar-refractivity contribution in [3.8, 4) is 0 Å². The lowest BCUT2D eigenvalue weighted by atomic mass is 9.49. The molecule has 3 nitrogen and oxygen atoms in total. The maximum absolute atomic E-state index is 11.7. The molecule has 0 heterocycles. The Hall–Kier alpha value is -0.570. The first-order valence-electron chi connectivity index (χ1n) is 9.77. The number of aliphatic carboxylic acids is 1. The van der Waals surface area contributed by atoms with Gasteiger partial charge in [0, 0.05) is 0 Å². The average Bonchev–Trinajstić information content (AvgIpc) is 2.83. The summed E-state index contributed by atoms with van der Waals surface area (Å²) in [4.78, 5) is 11.7. The molecule has 23 heavy (non-hydrogen) atoms. The second-order valence-electron chi connectivity index (χ2n) is 9.69. The molecule has 130 valence electrons. The number of aliphatic hydroxyl groups is 1. The first kappa shape index (κ1) is 15.9. The zero-order valence-corrected chi connectivity index (χ0v) is 14.6. The van der Waals surface area contributed by atoms with Gasteiger partial charge in [-0.2, -0.15) is 0 Å². The van der Waals surface area contributed by atoms with Crippen molar-refractivity contribution in [3.63, 3.8) is 0 Å². The SMILES string of the molecule is C[C@@]1(O)CC[C@H]2[C@@H](CC[C@@H]3[C@@H]2CC[C@]2(C)[C@@H](C(=O)O)CC[C@@H]32)C1. The predicted molar refractivity (Wildman–Crippen MR) is 88.9 cm³/mol. The van der Waals surface area contributed by atoms with E-state index in [9.17, 15) is 15.0 Å². The summed E-state index contributed by atoms with van der Waals surface area (Å²) in [6.45, 7) is 4.29. The normalized spacial score (nSPS) is 55.6. The van der Waals surface area contributed by atoms with Crippen LogP contribution in [-0.2, 0) is 4.79 Å². The summed E-state index contributed by atoms with van der Waals surface area (Å²) in [6, 6.07) is 0. The molecule has 3 heteroatoms. The van der Waals surface area contributed by atoms with Crippen molar-refractivity contribution in [2.45, 2.75) is 77.2 Å². The fourth-order valence-corrected chi connectivity index (χ4v) is 7.49. The molecule has 4 rings (SSSR count). The lowest BCUT2D eigenvalue weighted by molar-refractivity contribution is -0.150. The van der Waals surface area contributed by atoms with Crippen LogP contribution in [-0.4, -0.2) is 21.8 Å². The highest BCUT2D eigenvalue weighted by atomic mass is 16.4. The van der Waals surface area contributed by atoms with E-state index in [2.05, 4.69) is 6.92 Å². The molecule has 4 aliphatic carbocycles. The maximum atomic E-state index is 11.7. The summed E-state index contributed by atoms with van der Waals surface area (Å²) < 4.78 is 0. The van der Waals surface area contributed by atoms with Crippen molar-refractivity contribution >= 4 is 5.97 Å². The standard InChI is InChI=1S/C20H32O3/c1-19(23)9-7-13-12(11-19)3-4-15-14(13)8-10-20(2)16(15)5-6-17(20)18(21)22/h12-17,23H,3-11H2,1-2H3,(H,21,22)/t12-,13-,14+,15+,16-,17+,19+,20-/m0/s1. The van der Waals surface area contributed by atoms with Gasteiger partial charge in [-0.25, -0.2) is 0 Å². The third-order valence-electron chi connectivity index (χ3n) is 8.54. The average molecular weight is 320 g/mol. The first-order chi connectivity index (χ1) is 10.8. The van der Waals surface area contributed by atoms with E-state index in [-0.39, 0.29) is 11.3 Å². The summed E-state index contributed by atoms with van der Waals surface area (Å²) in [6.07, 6.45) is 10.0. The summed E-state index contributed by atoms with van der Waals surface area (Å²) in [7, 11) is 0. The number of carboxylic acid groups (broad SMARTS) is 1. The Morgan fingerprint density at radius 2 is 1.65 bits per heavy atom. The van der Waals surface area contributed by atoms with Crippen LogP contribution in [0.4, 0.5) is 0 Å². The van der Waals surface area contributed by atoms with Gasteiger partial charge in [0.2, 0.25) is 0 Å². The molecule has 0 aromatic carbocycles. The molecule has 0 aromatic heterocycles. The van der Waals surface area contributed by atoms with Crippen LogP contribution in [0.25, 0.3) is 0 Å². The minimum Gasteiger partial charge on any atom is -0.481 e. The maximum Gasteiger partial charge on any atom is 0.307 e. The van der Waals surface area contributed by atoms with Gasteiger partial charge in [0.05, 0.1) is 11.5 Å². The van der Waals surface area contributed by atoms with Gasteiger partial charge < -0.3 is 10.2 Å². The Labute approximate surface area is 139 Å². The molecule has 4 saturated carbocycles. The fourth-order valence-electron chi connectivity index (χ4n) is 7.49. The van der Waals surface area contributed by atoms with E-state index in [1.165, 1.54) is 25.7 Å².